The molecular weight excluding hydrogens is 352 g/mol. The third-order valence-electron chi connectivity index (χ3n) is 4.56. The summed E-state index contributed by atoms with van der Waals surface area (Å²) in [6, 6.07) is 0. The van der Waals surface area contributed by atoms with Crippen molar-refractivity contribution in [2.75, 3.05) is 26.6 Å². The van der Waals surface area contributed by atoms with Crippen molar-refractivity contribution in [2.24, 2.45) is 0 Å². The lowest BCUT2D eigenvalue weighted by atomic mass is 10.1. The molecule has 0 aromatic carbocycles. The summed E-state index contributed by atoms with van der Waals surface area (Å²) in [6.07, 6.45) is 20.7. The predicted molar refractivity (Wildman–Crippen MR) is 118 cm³/mol. The average Bonchev–Trinajstić information content (AvgIpc) is 2.71. The van der Waals surface area contributed by atoms with Crippen molar-refractivity contribution in [2.45, 2.75) is 117 Å². The minimum absolute atomic E-state index is 0.0372. The van der Waals surface area contributed by atoms with Crippen LogP contribution in [-0.4, -0.2) is 32.9 Å². The molecule has 4 nitrogen and oxygen atoms in total. The largest absolute Gasteiger partial charge is 0.475 e. The normalized spacial score (nSPS) is 11.7. The summed E-state index contributed by atoms with van der Waals surface area (Å²) in [4.78, 5) is 0. The first-order valence-corrected chi connectivity index (χ1v) is 11.9. The molecule has 0 spiro atoms. The van der Waals surface area contributed by atoms with Crippen molar-refractivity contribution < 1.29 is 18.9 Å². The summed E-state index contributed by atoms with van der Waals surface area (Å²) >= 11 is 0. The Morgan fingerprint density at radius 3 is 1.93 bits per heavy atom. The number of hydrogen-bond acceptors (Lipinski definition) is 4. The molecular formula is C24H48O4. The number of allylic oxidation sites excluding steroid dienone is 1. The number of ether oxygens (including phenoxy) is 4. The molecule has 0 unspecified atom stereocenters. The molecule has 0 amide bonds. The van der Waals surface area contributed by atoms with Crippen LogP contribution in [0, 0.1) is 0 Å². The molecule has 4 heteroatoms. The summed E-state index contributed by atoms with van der Waals surface area (Å²) in [7, 11) is 0. The SMILES string of the molecule is CCCCCCCCCCOCOC=CCCCCC(OCCC)OCCC. The Hall–Kier alpha value is -0.580. The zero-order valence-electron chi connectivity index (χ0n) is 19.1. The Morgan fingerprint density at radius 1 is 0.643 bits per heavy atom. The van der Waals surface area contributed by atoms with Gasteiger partial charge in [-0.15, -0.1) is 0 Å². The molecule has 0 radical (unpaired) electrons. The molecule has 0 saturated heterocycles. The van der Waals surface area contributed by atoms with Gasteiger partial charge in [0, 0.05) is 13.2 Å². The quantitative estimate of drug-likeness (QED) is 0.102. The smallest absolute Gasteiger partial charge is 0.188 e. The predicted octanol–water partition coefficient (Wildman–Crippen LogP) is 7.37. The highest BCUT2D eigenvalue weighted by Crippen LogP contribution is 2.10. The third kappa shape index (κ3) is 21.7. The molecule has 0 aliphatic heterocycles. The van der Waals surface area contributed by atoms with E-state index in [9.17, 15) is 0 Å². The van der Waals surface area contributed by atoms with E-state index in [0.717, 1.165) is 64.8 Å². The molecule has 0 aromatic rings. The molecule has 0 aliphatic carbocycles. The van der Waals surface area contributed by atoms with Crippen molar-refractivity contribution in [3.63, 3.8) is 0 Å². The fraction of sp³-hybridized carbons (Fsp3) is 0.917. The zero-order chi connectivity index (χ0) is 20.5. The topological polar surface area (TPSA) is 36.9 Å². The van der Waals surface area contributed by atoms with Gasteiger partial charge in [0.15, 0.2) is 13.1 Å². The Balaban J connectivity index is 3.34. The van der Waals surface area contributed by atoms with Gasteiger partial charge in [0.05, 0.1) is 12.9 Å². The van der Waals surface area contributed by atoms with E-state index in [-0.39, 0.29) is 6.29 Å². The Kier molecular flexibility index (Phi) is 24.0. The van der Waals surface area contributed by atoms with Crippen LogP contribution in [-0.2, 0) is 18.9 Å². The van der Waals surface area contributed by atoms with Gasteiger partial charge in [0.1, 0.15) is 0 Å². The van der Waals surface area contributed by atoms with Crippen LogP contribution >= 0.6 is 0 Å². The molecule has 0 fully saturated rings. The lowest BCUT2D eigenvalue weighted by Gasteiger charge is -2.17. The van der Waals surface area contributed by atoms with Gasteiger partial charge in [-0.05, 0) is 51.0 Å². The van der Waals surface area contributed by atoms with Crippen LogP contribution in [0.4, 0.5) is 0 Å². The van der Waals surface area contributed by atoms with Crippen molar-refractivity contribution in [3.8, 4) is 0 Å². The van der Waals surface area contributed by atoms with E-state index in [4.69, 9.17) is 18.9 Å². The van der Waals surface area contributed by atoms with Gasteiger partial charge in [-0.1, -0.05) is 65.7 Å². The van der Waals surface area contributed by atoms with E-state index in [1.807, 2.05) is 0 Å². The minimum Gasteiger partial charge on any atom is -0.475 e. The minimum atomic E-state index is -0.0372. The zero-order valence-corrected chi connectivity index (χ0v) is 19.1. The standard InChI is InChI=1S/C24H48O4/c1-4-7-8-9-10-11-13-16-21-25-23-26-22-17-14-12-15-18-24(27-19-5-2)28-20-6-3/h17,22,24H,4-16,18-21,23H2,1-3H3. The van der Waals surface area contributed by atoms with E-state index in [2.05, 4.69) is 26.8 Å². The van der Waals surface area contributed by atoms with Crippen LogP contribution in [0.1, 0.15) is 111 Å². The first-order chi connectivity index (χ1) is 13.8. The summed E-state index contributed by atoms with van der Waals surface area (Å²) in [5.74, 6) is 0. The number of rotatable bonds is 23. The molecule has 0 aliphatic rings. The summed E-state index contributed by atoms with van der Waals surface area (Å²) in [5, 5.41) is 0. The second kappa shape index (κ2) is 24.5. The molecule has 0 bridgehead atoms. The van der Waals surface area contributed by atoms with Gasteiger partial charge in [-0.25, -0.2) is 0 Å². The second-order valence-corrected chi connectivity index (χ2v) is 7.50. The van der Waals surface area contributed by atoms with Crippen LogP contribution in [0.2, 0.25) is 0 Å². The third-order valence-corrected chi connectivity index (χ3v) is 4.56. The second-order valence-electron chi connectivity index (χ2n) is 7.50. The maximum absolute atomic E-state index is 5.74. The van der Waals surface area contributed by atoms with E-state index >= 15 is 0 Å². The molecule has 168 valence electrons. The van der Waals surface area contributed by atoms with Crippen molar-refractivity contribution in [3.05, 3.63) is 12.3 Å². The van der Waals surface area contributed by atoms with Gasteiger partial charge in [0.2, 0.25) is 0 Å². The van der Waals surface area contributed by atoms with Gasteiger partial charge < -0.3 is 18.9 Å². The Bertz CT molecular complexity index is 299. The van der Waals surface area contributed by atoms with Crippen LogP contribution in [0.25, 0.3) is 0 Å². The van der Waals surface area contributed by atoms with Gasteiger partial charge in [-0.3, -0.25) is 0 Å². The van der Waals surface area contributed by atoms with E-state index in [1.165, 1.54) is 44.9 Å². The monoisotopic (exact) mass is 400 g/mol. The van der Waals surface area contributed by atoms with Crippen molar-refractivity contribution in [1.29, 1.82) is 0 Å². The Labute approximate surface area is 175 Å². The summed E-state index contributed by atoms with van der Waals surface area (Å²) in [6.45, 7) is 9.24. The average molecular weight is 401 g/mol. The first-order valence-electron chi connectivity index (χ1n) is 11.9. The maximum atomic E-state index is 5.74. The highest BCUT2D eigenvalue weighted by atomic mass is 16.7. The molecule has 28 heavy (non-hydrogen) atoms. The van der Waals surface area contributed by atoms with Crippen molar-refractivity contribution >= 4 is 0 Å². The summed E-state index contributed by atoms with van der Waals surface area (Å²) in [5.41, 5.74) is 0. The fourth-order valence-corrected chi connectivity index (χ4v) is 2.91. The number of hydrogen-bond donors (Lipinski definition) is 0. The van der Waals surface area contributed by atoms with Gasteiger partial charge in [-0.2, -0.15) is 0 Å². The first kappa shape index (κ1) is 27.4. The highest BCUT2D eigenvalue weighted by molar-refractivity contribution is 4.72. The lowest BCUT2D eigenvalue weighted by Crippen LogP contribution is -2.18. The van der Waals surface area contributed by atoms with Crippen molar-refractivity contribution in [1.82, 2.24) is 0 Å². The van der Waals surface area contributed by atoms with Gasteiger partial charge in [0.25, 0.3) is 0 Å². The van der Waals surface area contributed by atoms with Gasteiger partial charge >= 0.3 is 0 Å². The van der Waals surface area contributed by atoms with E-state index in [1.54, 1.807) is 6.26 Å². The summed E-state index contributed by atoms with van der Waals surface area (Å²) < 4.78 is 22.4. The molecule has 0 aromatic heterocycles. The maximum Gasteiger partial charge on any atom is 0.188 e. The molecule has 0 rings (SSSR count). The van der Waals surface area contributed by atoms with Crippen LogP contribution in [0.5, 0.6) is 0 Å². The van der Waals surface area contributed by atoms with Crippen LogP contribution in [0.3, 0.4) is 0 Å². The Morgan fingerprint density at radius 2 is 1.29 bits per heavy atom. The highest BCUT2D eigenvalue weighted by Gasteiger charge is 2.07. The van der Waals surface area contributed by atoms with Crippen LogP contribution in [0.15, 0.2) is 12.3 Å². The van der Waals surface area contributed by atoms with Crippen LogP contribution < -0.4 is 0 Å². The molecule has 0 heterocycles. The van der Waals surface area contributed by atoms with E-state index < -0.39 is 0 Å². The molecule has 0 atom stereocenters. The lowest BCUT2D eigenvalue weighted by molar-refractivity contribution is -0.146. The number of unbranched alkanes of at least 4 members (excludes halogenated alkanes) is 9. The molecule has 0 saturated carbocycles. The molecule has 0 N–H and O–H groups in total. The van der Waals surface area contributed by atoms with E-state index in [0.29, 0.717) is 6.79 Å². The fourth-order valence-electron chi connectivity index (χ4n) is 2.91.